The van der Waals surface area contributed by atoms with Gasteiger partial charge in [0.05, 0.1) is 5.01 Å². The van der Waals surface area contributed by atoms with Crippen LogP contribution in [0.5, 0.6) is 0 Å². The molecule has 0 saturated heterocycles. The summed E-state index contributed by atoms with van der Waals surface area (Å²) in [6.07, 6.45) is 3.02. The molecular weight excluding hydrogens is 224 g/mol. The first-order valence-electron chi connectivity index (χ1n) is 4.90. The molecule has 80 valence electrons. The first-order valence-corrected chi connectivity index (χ1v) is 6.66. The van der Waals surface area contributed by atoms with Gasteiger partial charge < -0.3 is 5.32 Å². The molecule has 0 radical (unpaired) electrons. The van der Waals surface area contributed by atoms with Gasteiger partial charge in [-0.2, -0.15) is 11.3 Å². The second kappa shape index (κ2) is 4.88. The first-order chi connectivity index (χ1) is 7.29. The molecule has 0 aliphatic carbocycles. The van der Waals surface area contributed by atoms with Gasteiger partial charge in [0.25, 0.3) is 0 Å². The molecule has 0 bridgehead atoms. The summed E-state index contributed by atoms with van der Waals surface area (Å²) in [7, 11) is 2.01. The summed E-state index contributed by atoms with van der Waals surface area (Å²) in [6.45, 7) is 2.05. The number of thiophene rings is 1. The van der Waals surface area contributed by atoms with Crippen molar-refractivity contribution in [3.05, 3.63) is 38.5 Å². The summed E-state index contributed by atoms with van der Waals surface area (Å²) < 4.78 is 0. The Bertz CT molecular complexity index is 406. The molecule has 0 aliphatic rings. The maximum atomic E-state index is 4.30. The Kier molecular flexibility index (Phi) is 3.51. The lowest BCUT2D eigenvalue weighted by Gasteiger charge is -2.12. The summed E-state index contributed by atoms with van der Waals surface area (Å²) in [5.74, 6) is 0. The number of thiazole rings is 1. The molecule has 1 N–H and O–H groups in total. The molecule has 0 amide bonds. The molecule has 15 heavy (non-hydrogen) atoms. The number of likely N-dealkylation sites (N-methyl/N-ethyl adjacent to an activating group) is 1. The Morgan fingerprint density at radius 2 is 2.40 bits per heavy atom. The Labute approximate surface area is 98.0 Å². The molecule has 2 rings (SSSR count). The number of aromatic nitrogens is 1. The Morgan fingerprint density at radius 3 is 2.93 bits per heavy atom. The molecule has 2 aromatic heterocycles. The van der Waals surface area contributed by atoms with Crippen LogP contribution in [0.25, 0.3) is 0 Å². The van der Waals surface area contributed by atoms with Gasteiger partial charge in [0.1, 0.15) is 0 Å². The molecular formula is C11H14N2S2. The van der Waals surface area contributed by atoms with E-state index < -0.39 is 0 Å². The van der Waals surface area contributed by atoms with E-state index in [1.807, 2.05) is 20.2 Å². The minimum atomic E-state index is 0.394. The van der Waals surface area contributed by atoms with Gasteiger partial charge in [-0.05, 0) is 42.8 Å². The normalized spacial score (nSPS) is 12.9. The fraction of sp³-hybridized carbons (Fsp3) is 0.364. The third-order valence-corrected chi connectivity index (χ3v) is 4.11. The van der Waals surface area contributed by atoms with Crippen LogP contribution < -0.4 is 5.32 Å². The van der Waals surface area contributed by atoms with E-state index in [4.69, 9.17) is 0 Å². The highest BCUT2D eigenvalue weighted by Crippen LogP contribution is 2.24. The summed E-state index contributed by atoms with van der Waals surface area (Å²) >= 11 is 3.52. The Morgan fingerprint density at radius 1 is 1.53 bits per heavy atom. The minimum Gasteiger partial charge on any atom is -0.312 e. The summed E-state index contributed by atoms with van der Waals surface area (Å²) in [6, 6.07) is 2.58. The van der Waals surface area contributed by atoms with E-state index in [0.29, 0.717) is 6.04 Å². The van der Waals surface area contributed by atoms with E-state index in [1.54, 1.807) is 22.7 Å². The maximum absolute atomic E-state index is 4.30. The third-order valence-electron chi connectivity index (χ3n) is 2.35. The molecule has 0 saturated carbocycles. The second-order valence-corrected chi connectivity index (χ2v) is 5.51. The monoisotopic (exact) mass is 238 g/mol. The molecule has 2 aromatic rings. The first kappa shape index (κ1) is 10.8. The van der Waals surface area contributed by atoms with Crippen LogP contribution >= 0.6 is 22.7 Å². The van der Waals surface area contributed by atoms with Gasteiger partial charge in [0.2, 0.25) is 0 Å². The zero-order valence-corrected chi connectivity index (χ0v) is 10.5. The minimum absolute atomic E-state index is 0.394. The zero-order chi connectivity index (χ0) is 10.7. The van der Waals surface area contributed by atoms with E-state index in [2.05, 4.69) is 27.1 Å². The Balaban J connectivity index is 2.11. The van der Waals surface area contributed by atoms with Crippen molar-refractivity contribution < 1.29 is 0 Å². The average molecular weight is 238 g/mol. The highest BCUT2D eigenvalue weighted by Gasteiger charge is 2.12. The van der Waals surface area contributed by atoms with Crippen LogP contribution in [-0.2, 0) is 6.42 Å². The van der Waals surface area contributed by atoms with Crippen molar-refractivity contribution >= 4 is 22.7 Å². The van der Waals surface area contributed by atoms with Crippen molar-refractivity contribution in [2.45, 2.75) is 19.4 Å². The molecule has 2 nitrogen and oxygen atoms in total. The lowest BCUT2D eigenvalue weighted by Crippen LogP contribution is -2.17. The standard InChI is InChI=1S/C11H14N2S2/c1-8-13-6-11(15-8)10(12-2)5-9-3-4-14-7-9/h3-4,6-7,10,12H,5H2,1-2H3. The molecule has 0 aliphatic heterocycles. The SMILES string of the molecule is CNC(Cc1ccsc1)c1cnc(C)s1. The number of hydrogen-bond donors (Lipinski definition) is 1. The smallest absolute Gasteiger partial charge is 0.0897 e. The van der Waals surface area contributed by atoms with E-state index in [1.165, 1.54) is 10.4 Å². The third kappa shape index (κ3) is 2.65. The van der Waals surface area contributed by atoms with Crippen molar-refractivity contribution in [3.63, 3.8) is 0 Å². The number of hydrogen-bond acceptors (Lipinski definition) is 4. The van der Waals surface area contributed by atoms with Crippen LogP contribution in [-0.4, -0.2) is 12.0 Å². The predicted molar refractivity (Wildman–Crippen MR) is 66.7 cm³/mol. The highest BCUT2D eigenvalue weighted by molar-refractivity contribution is 7.11. The van der Waals surface area contributed by atoms with Gasteiger partial charge in [-0.25, -0.2) is 4.98 Å². The lowest BCUT2D eigenvalue weighted by atomic mass is 10.1. The van der Waals surface area contributed by atoms with Crippen molar-refractivity contribution in [1.82, 2.24) is 10.3 Å². The quantitative estimate of drug-likeness (QED) is 0.885. The highest BCUT2D eigenvalue weighted by atomic mass is 32.1. The predicted octanol–water partition coefficient (Wildman–Crippen LogP) is 3.02. The van der Waals surface area contributed by atoms with Gasteiger partial charge in [-0.1, -0.05) is 0 Å². The molecule has 2 heterocycles. The van der Waals surface area contributed by atoms with Crippen LogP contribution in [0.15, 0.2) is 23.0 Å². The maximum Gasteiger partial charge on any atom is 0.0897 e. The molecule has 4 heteroatoms. The van der Waals surface area contributed by atoms with Crippen molar-refractivity contribution in [2.75, 3.05) is 7.05 Å². The second-order valence-electron chi connectivity index (χ2n) is 3.46. The van der Waals surface area contributed by atoms with E-state index in [9.17, 15) is 0 Å². The molecule has 1 unspecified atom stereocenters. The van der Waals surface area contributed by atoms with Crippen molar-refractivity contribution in [3.8, 4) is 0 Å². The van der Waals surface area contributed by atoms with E-state index in [-0.39, 0.29) is 0 Å². The molecule has 0 fully saturated rings. The van der Waals surface area contributed by atoms with Crippen LogP contribution in [0.3, 0.4) is 0 Å². The topological polar surface area (TPSA) is 24.9 Å². The van der Waals surface area contributed by atoms with Crippen molar-refractivity contribution in [2.24, 2.45) is 0 Å². The molecule has 0 aromatic carbocycles. The van der Waals surface area contributed by atoms with Gasteiger partial charge in [-0.15, -0.1) is 11.3 Å². The lowest BCUT2D eigenvalue weighted by molar-refractivity contribution is 0.602. The molecule has 0 spiro atoms. The summed E-state index contributed by atoms with van der Waals surface area (Å²) in [4.78, 5) is 5.62. The van der Waals surface area contributed by atoms with Crippen LogP contribution in [0.4, 0.5) is 0 Å². The largest absolute Gasteiger partial charge is 0.312 e. The van der Waals surface area contributed by atoms with Gasteiger partial charge >= 0.3 is 0 Å². The van der Waals surface area contributed by atoms with Crippen LogP contribution in [0, 0.1) is 6.92 Å². The average Bonchev–Trinajstić information content (AvgIpc) is 2.85. The number of nitrogens with one attached hydrogen (secondary N) is 1. The Hall–Kier alpha value is -0.710. The number of nitrogens with zero attached hydrogens (tertiary/aromatic N) is 1. The van der Waals surface area contributed by atoms with Gasteiger partial charge in [0.15, 0.2) is 0 Å². The van der Waals surface area contributed by atoms with Crippen LogP contribution in [0.2, 0.25) is 0 Å². The summed E-state index contributed by atoms with van der Waals surface area (Å²) in [5.41, 5.74) is 1.39. The fourth-order valence-corrected chi connectivity index (χ4v) is 3.11. The van der Waals surface area contributed by atoms with Gasteiger partial charge in [0, 0.05) is 17.1 Å². The summed E-state index contributed by atoms with van der Waals surface area (Å²) in [5, 5.41) is 8.81. The van der Waals surface area contributed by atoms with E-state index >= 15 is 0 Å². The number of rotatable bonds is 4. The zero-order valence-electron chi connectivity index (χ0n) is 8.86. The van der Waals surface area contributed by atoms with Crippen LogP contribution in [0.1, 0.15) is 21.5 Å². The van der Waals surface area contributed by atoms with E-state index in [0.717, 1.165) is 11.4 Å². The fourth-order valence-electron chi connectivity index (χ4n) is 1.53. The molecule has 1 atom stereocenters. The van der Waals surface area contributed by atoms with Gasteiger partial charge in [-0.3, -0.25) is 0 Å². The number of aryl methyl sites for hydroxylation is 1. The van der Waals surface area contributed by atoms with Crippen molar-refractivity contribution in [1.29, 1.82) is 0 Å².